The van der Waals surface area contributed by atoms with Crippen LogP contribution in [0.2, 0.25) is 0 Å². The molecule has 0 aliphatic heterocycles. The van der Waals surface area contributed by atoms with Crippen LogP contribution in [0.15, 0.2) is 30.5 Å². The fraction of sp³-hybridized carbons (Fsp3) is 0.214. The maximum absolute atomic E-state index is 12.5. The number of nitrogens with zero attached hydrogens (tertiary/aromatic N) is 2. The number of hydrogen-bond acceptors (Lipinski definition) is 5. The smallest absolute Gasteiger partial charge is 0.341 e. The number of rotatable bonds is 4. The highest BCUT2D eigenvalue weighted by molar-refractivity contribution is 6.13. The summed E-state index contributed by atoms with van der Waals surface area (Å²) < 4.78 is 11.0. The van der Waals surface area contributed by atoms with Crippen LogP contribution in [0, 0.1) is 0 Å². The lowest BCUT2D eigenvalue weighted by molar-refractivity contribution is 0.0597. The van der Waals surface area contributed by atoms with E-state index in [1.54, 1.807) is 38.4 Å². The molecule has 0 N–H and O–H groups in total. The summed E-state index contributed by atoms with van der Waals surface area (Å²) in [6.45, 7) is 0. The fourth-order valence-electron chi connectivity index (χ4n) is 1.85. The van der Waals surface area contributed by atoms with Crippen molar-refractivity contribution in [2.75, 3.05) is 14.2 Å². The topological polar surface area (TPSA) is 70.4 Å². The second-order valence-electron chi connectivity index (χ2n) is 4.08. The van der Waals surface area contributed by atoms with E-state index in [0.717, 1.165) is 0 Å². The summed E-state index contributed by atoms with van der Waals surface area (Å²) in [4.78, 5) is 24.1. The van der Waals surface area contributed by atoms with Gasteiger partial charge in [-0.2, -0.15) is 5.10 Å². The monoisotopic (exact) mass is 274 g/mol. The van der Waals surface area contributed by atoms with Gasteiger partial charge in [-0.25, -0.2) is 4.79 Å². The molecule has 0 bridgehead atoms. The molecule has 0 aliphatic carbocycles. The normalized spacial score (nSPS) is 10.2. The standard InChI is InChI=1S/C14H14N2O4/c1-16-12(11(8-15-16)14(18)20-3)13(17)9-4-6-10(19-2)7-5-9/h4-8H,1-3H3. The number of hydrogen-bond donors (Lipinski definition) is 0. The Morgan fingerprint density at radius 3 is 2.35 bits per heavy atom. The van der Waals surface area contributed by atoms with Crippen molar-refractivity contribution in [3.63, 3.8) is 0 Å². The van der Waals surface area contributed by atoms with E-state index >= 15 is 0 Å². The van der Waals surface area contributed by atoms with Gasteiger partial charge in [-0.3, -0.25) is 9.48 Å². The Labute approximate surface area is 115 Å². The molecule has 6 nitrogen and oxygen atoms in total. The van der Waals surface area contributed by atoms with Crippen molar-refractivity contribution in [3.05, 3.63) is 47.3 Å². The number of aryl methyl sites for hydroxylation is 1. The van der Waals surface area contributed by atoms with Gasteiger partial charge in [0.05, 0.1) is 20.4 Å². The molecule has 0 amide bonds. The lowest BCUT2D eigenvalue weighted by Gasteiger charge is -2.05. The van der Waals surface area contributed by atoms with Gasteiger partial charge in [0, 0.05) is 12.6 Å². The van der Waals surface area contributed by atoms with Crippen molar-refractivity contribution in [1.29, 1.82) is 0 Å². The van der Waals surface area contributed by atoms with Crippen LogP contribution in [-0.4, -0.2) is 35.8 Å². The minimum Gasteiger partial charge on any atom is -0.497 e. The van der Waals surface area contributed by atoms with Crippen molar-refractivity contribution in [3.8, 4) is 5.75 Å². The second-order valence-corrected chi connectivity index (χ2v) is 4.08. The lowest BCUT2D eigenvalue weighted by Crippen LogP contribution is -2.14. The van der Waals surface area contributed by atoms with Crippen LogP contribution in [0.5, 0.6) is 5.75 Å². The van der Waals surface area contributed by atoms with Gasteiger partial charge in [0.1, 0.15) is 17.0 Å². The molecule has 1 heterocycles. The van der Waals surface area contributed by atoms with Crippen molar-refractivity contribution in [1.82, 2.24) is 9.78 Å². The van der Waals surface area contributed by atoms with Crippen molar-refractivity contribution in [2.45, 2.75) is 0 Å². The van der Waals surface area contributed by atoms with E-state index in [9.17, 15) is 9.59 Å². The number of benzene rings is 1. The average molecular weight is 274 g/mol. The van der Waals surface area contributed by atoms with E-state index in [2.05, 4.69) is 9.84 Å². The number of carbonyl (C=O) groups is 2. The summed E-state index contributed by atoms with van der Waals surface area (Å²) in [7, 11) is 4.41. The number of methoxy groups -OCH3 is 2. The first kappa shape index (κ1) is 13.8. The minimum atomic E-state index is -0.588. The molecule has 0 saturated carbocycles. The molecular formula is C14H14N2O4. The summed E-state index contributed by atoms with van der Waals surface area (Å²) >= 11 is 0. The second kappa shape index (κ2) is 5.56. The van der Waals surface area contributed by atoms with Crippen LogP contribution in [0.3, 0.4) is 0 Å². The number of aromatic nitrogens is 2. The molecule has 0 aliphatic rings. The molecule has 0 fully saturated rings. The molecular weight excluding hydrogens is 260 g/mol. The Balaban J connectivity index is 2.42. The maximum atomic E-state index is 12.5. The molecule has 2 aromatic rings. The first-order valence-electron chi connectivity index (χ1n) is 5.87. The van der Waals surface area contributed by atoms with Gasteiger partial charge in [-0.1, -0.05) is 0 Å². The first-order chi connectivity index (χ1) is 9.58. The largest absolute Gasteiger partial charge is 0.497 e. The van der Waals surface area contributed by atoms with Gasteiger partial charge in [0.15, 0.2) is 0 Å². The number of carbonyl (C=O) groups excluding carboxylic acids is 2. The third kappa shape index (κ3) is 2.40. The van der Waals surface area contributed by atoms with Gasteiger partial charge in [-0.15, -0.1) is 0 Å². The van der Waals surface area contributed by atoms with Gasteiger partial charge in [0.2, 0.25) is 5.78 Å². The number of ether oxygens (including phenoxy) is 2. The zero-order valence-electron chi connectivity index (χ0n) is 11.4. The van der Waals surface area contributed by atoms with E-state index in [0.29, 0.717) is 11.3 Å². The predicted octanol–water partition coefficient (Wildman–Crippen LogP) is 1.45. The Hall–Kier alpha value is -2.63. The Bertz CT molecular complexity index is 644. The molecule has 1 aromatic heterocycles. The highest BCUT2D eigenvalue weighted by Gasteiger charge is 2.23. The molecule has 6 heteroatoms. The number of esters is 1. The summed E-state index contributed by atoms with van der Waals surface area (Å²) in [5.41, 5.74) is 0.789. The zero-order valence-corrected chi connectivity index (χ0v) is 11.4. The van der Waals surface area contributed by atoms with Crippen LogP contribution >= 0.6 is 0 Å². The molecule has 1 aromatic carbocycles. The van der Waals surface area contributed by atoms with Gasteiger partial charge >= 0.3 is 5.97 Å². The Kier molecular flexibility index (Phi) is 3.84. The van der Waals surface area contributed by atoms with E-state index in [4.69, 9.17) is 4.74 Å². The Morgan fingerprint density at radius 2 is 1.80 bits per heavy atom. The molecule has 0 spiro atoms. The van der Waals surface area contributed by atoms with Crippen molar-refractivity contribution >= 4 is 11.8 Å². The van der Waals surface area contributed by atoms with Crippen LogP contribution < -0.4 is 4.74 Å². The summed E-state index contributed by atoms with van der Waals surface area (Å²) in [6.07, 6.45) is 1.32. The predicted molar refractivity (Wildman–Crippen MR) is 71.0 cm³/mol. The lowest BCUT2D eigenvalue weighted by atomic mass is 10.1. The van der Waals surface area contributed by atoms with Crippen LogP contribution in [0.1, 0.15) is 26.4 Å². The van der Waals surface area contributed by atoms with Gasteiger partial charge in [0.25, 0.3) is 0 Å². The Morgan fingerprint density at radius 1 is 1.15 bits per heavy atom. The third-order valence-corrected chi connectivity index (χ3v) is 2.91. The van der Waals surface area contributed by atoms with Crippen LogP contribution in [0.25, 0.3) is 0 Å². The van der Waals surface area contributed by atoms with Crippen molar-refractivity contribution < 1.29 is 19.1 Å². The van der Waals surface area contributed by atoms with E-state index in [1.165, 1.54) is 18.0 Å². The molecule has 0 radical (unpaired) electrons. The number of ketones is 1. The van der Waals surface area contributed by atoms with Gasteiger partial charge in [-0.05, 0) is 24.3 Å². The maximum Gasteiger partial charge on any atom is 0.341 e. The summed E-state index contributed by atoms with van der Waals surface area (Å²) in [5, 5.41) is 3.94. The molecule has 0 unspecified atom stereocenters. The highest BCUT2D eigenvalue weighted by atomic mass is 16.5. The van der Waals surface area contributed by atoms with Crippen LogP contribution in [-0.2, 0) is 11.8 Å². The SMILES string of the molecule is COC(=O)c1cnn(C)c1C(=O)c1ccc(OC)cc1. The van der Waals surface area contributed by atoms with E-state index in [-0.39, 0.29) is 17.0 Å². The zero-order chi connectivity index (χ0) is 14.7. The summed E-state index contributed by atoms with van der Waals surface area (Å²) in [6, 6.07) is 6.63. The van der Waals surface area contributed by atoms with E-state index < -0.39 is 5.97 Å². The first-order valence-corrected chi connectivity index (χ1v) is 5.87. The molecule has 20 heavy (non-hydrogen) atoms. The molecule has 2 rings (SSSR count). The minimum absolute atomic E-state index is 0.149. The summed E-state index contributed by atoms with van der Waals surface area (Å²) in [5.74, 6) is -0.234. The van der Waals surface area contributed by atoms with E-state index in [1.807, 2.05) is 0 Å². The average Bonchev–Trinajstić information content (AvgIpc) is 2.87. The van der Waals surface area contributed by atoms with Gasteiger partial charge < -0.3 is 9.47 Å². The highest BCUT2D eigenvalue weighted by Crippen LogP contribution is 2.17. The third-order valence-electron chi connectivity index (χ3n) is 2.91. The van der Waals surface area contributed by atoms with Crippen molar-refractivity contribution in [2.24, 2.45) is 7.05 Å². The molecule has 104 valence electrons. The van der Waals surface area contributed by atoms with Crippen LogP contribution in [0.4, 0.5) is 0 Å². The quantitative estimate of drug-likeness (QED) is 0.623. The molecule has 0 saturated heterocycles. The fourth-order valence-corrected chi connectivity index (χ4v) is 1.85. The molecule has 0 atom stereocenters.